The Morgan fingerprint density at radius 2 is 1.62 bits per heavy atom. The van der Waals surface area contributed by atoms with Crippen LogP contribution >= 0.6 is 0 Å². The highest BCUT2D eigenvalue weighted by atomic mass is 32.2. The normalized spacial score (nSPS) is 19.4. The lowest BCUT2D eigenvalue weighted by Gasteiger charge is -2.35. The highest BCUT2D eigenvalue weighted by molar-refractivity contribution is 7.91. The molecular weight excluding hydrogens is 376 g/mol. The van der Waals surface area contributed by atoms with Gasteiger partial charge in [0.25, 0.3) is 0 Å². The molecule has 1 aromatic carbocycles. The number of carbonyl (C=O) groups is 1. The molecule has 1 aliphatic carbocycles. The quantitative estimate of drug-likeness (QED) is 0.791. The summed E-state index contributed by atoms with van der Waals surface area (Å²) in [7, 11) is -7.06. The Kier molecular flexibility index (Phi) is 5.04. The summed E-state index contributed by atoms with van der Waals surface area (Å²) in [5, 5.41) is 3.06. The molecule has 1 heterocycles. The number of nitrogens with one attached hydrogen (secondary N) is 1. The second-order valence-corrected chi connectivity index (χ2v) is 11.2. The molecule has 0 bridgehead atoms. The lowest BCUT2D eigenvalue weighted by Crippen LogP contribution is -2.45. The summed E-state index contributed by atoms with van der Waals surface area (Å²) < 4.78 is 47.9. The van der Waals surface area contributed by atoms with E-state index >= 15 is 0 Å². The van der Waals surface area contributed by atoms with E-state index in [4.69, 9.17) is 0 Å². The molecule has 0 spiro atoms. The average Bonchev–Trinajstić information content (AvgIpc) is 3.38. The van der Waals surface area contributed by atoms with Crippen LogP contribution in [0.2, 0.25) is 0 Å². The van der Waals surface area contributed by atoms with Gasteiger partial charge in [-0.25, -0.2) is 16.8 Å². The molecule has 1 N–H and O–H groups in total. The highest BCUT2D eigenvalue weighted by Crippen LogP contribution is 2.32. The van der Waals surface area contributed by atoms with Crippen molar-refractivity contribution in [2.24, 2.45) is 5.92 Å². The summed E-state index contributed by atoms with van der Waals surface area (Å²) in [6, 6.07) is 4.35. The minimum absolute atomic E-state index is 0.00624. The van der Waals surface area contributed by atoms with Crippen molar-refractivity contribution in [2.45, 2.75) is 41.5 Å². The van der Waals surface area contributed by atoms with Gasteiger partial charge in [-0.2, -0.15) is 0 Å². The first kappa shape index (κ1) is 19.2. The summed E-state index contributed by atoms with van der Waals surface area (Å²) in [5.41, 5.74) is 0.520. The van der Waals surface area contributed by atoms with Crippen molar-refractivity contribution in [1.29, 1.82) is 0 Å². The highest BCUT2D eigenvalue weighted by Gasteiger charge is 2.32. The molecule has 1 saturated carbocycles. The van der Waals surface area contributed by atoms with Crippen LogP contribution in [0.3, 0.4) is 0 Å². The number of rotatable bonds is 5. The second-order valence-electron chi connectivity index (χ2n) is 7.22. The first-order valence-corrected chi connectivity index (χ1v) is 12.4. The van der Waals surface area contributed by atoms with Crippen LogP contribution in [-0.4, -0.2) is 54.4 Å². The standard InChI is InChI=1S/C17H24N2O5S2/c1-25(21,22)14-5-6-15(16(11-14)26(2,23)24)19-9-7-13(8-10-19)18-17(20)12-3-4-12/h5-6,11-13H,3-4,7-10H2,1-2H3,(H,18,20). The molecule has 0 aromatic heterocycles. The van der Waals surface area contributed by atoms with Crippen LogP contribution < -0.4 is 10.2 Å². The van der Waals surface area contributed by atoms with Gasteiger partial charge in [0, 0.05) is 37.6 Å². The minimum atomic E-state index is -3.58. The predicted octanol–water partition coefficient (Wildman–Crippen LogP) is 0.989. The number of sulfone groups is 2. The maximum atomic E-state index is 12.2. The zero-order valence-electron chi connectivity index (χ0n) is 14.9. The summed E-state index contributed by atoms with van der Waals surface area (Å²) in [6.45, 7) is 1.21. The smallest absolute Gasteiger partial charge is 0.223 e. The van der Waals surface area contributed by atoms with Crippen LogP contribution in [0.25, 0.3) is 0 Å². The number of benzene rings is 1. The van der Waals surface area contributed by atoms with Gasteiger partial charge in [0.2, 0.25) is 5.91 Å². The fourth-order valence-corrected chi connectivity index (χ4v) is 4.85. The number of carbonyl (C=O) groups excluding carboxylic acids is 1. The average molecular weight is 401 g/mol. The molecule has 3 rings (SSSR count). The number of anilines is 1. The molecule has 1 aromatic rings. The number of hydrogen-bond donors (Lipinski definition) is 1. The Morgan fingerprint density at radius 1 is 1.00 bits per heavy atom. The van der Waals surface area contributed by atoms with E-state index in [2.05, 4.69) is 5.32 Å². The monoisotopic (exact) mass is 400 g/mol. The Morgan fingerprint density at radius 3 is 2.12 bits per heavy atom. The van der Waals surface area contributed by atoms with Gasteiger partial charge in [0.05, 0.1) is 15.5 Å². The van der Waals surface area contributed by atoms with Gasteiger partial charge in [-0.1, -0.05) is 0 Å². The van der Waals surface area contributed by atoms with Gasteiger partial charge >= 0.3 is 0 Å². The molecule has 0 atom stereocenters. The minimum Gasteiger partial charge on any atom is -0.370 e. The van der Waals surface area contributed by atoms with Gasteiger partial charge in [0.1, 0.15) is 0 Å². The zero-order chi connectivity index (χ0) is 19.1. The third-order valence-electron chi connectivity index (χ3n) is 4.89. The molecule has 26 heavy (non-hydrogen) atoms. The molecule has 0 radical (unpaired) electrons. The van der Waals surface area contributed by atoms with Crippen LogP contribution in [0, 0.1) is 5.92 Å². The number of piperidine rings is 1. The fraction of sp³-hybridized carbons (Fsp3) is 0.588. The second kappa shape index (κ2) is 6.84. The van der Waals surface area contributed by atoms with Crippen molar-refractivity contribution < 1.29 is 21.6 Å². The molecular formula is C17H24N2O5S2. The lowest BCUT2D eigenvalue weighted by molar-refractivity contribution is -0.123. The fourth-order valence-electron chi connectivity index (χ4n) is 3.21. The molecule has 1 saturated heterocycles. The summed E-state index contributed by atoms with van der Waals surface area (Å²) >= 11 is 0. The molecule has 7 nitrogen and oxygen atoms in total. The zero-order valence-corrected chi connectivity index (χ0v) is 16.6. The number of hydrogen-bond acceptors (Lipinski definition) is 6. The first-order valence-electron chi connectivity index (χ1n) is 8.65. The van der Waals surface area contributed by atoms with Crippen molar-refractivity contribution in [3.05, 3.63) is 18.2 Å². The van der Waals surface area contributed by atoms with Gasteiger partial charge < -0.3 is 10.2 Å². The van der Waals surface area contributed by atoms with Crippen molar-refractivity contribution in [3.8, 4) is 0 Å². The number of amides is 1. The van der Waals surface area contributed by atoms with E-state index in [1.807, 2.05) is 4.90 Å². The van der Waals surface area contributed by atoms with Crippen LogP contribution in [0.1, 0.15) is 25.7 Å². The molecule has 1 amide bonds. The van der Waals surface area contributed by atoms with Crippen LogP contribution in [-0.2, 0) is 24.5 Å². The maximum absolute atomic E-state index is 12.2. The Balaban J connectivity index is 1.78. The van der Waals surface area contributed by atoms with Crippen LogP contribution in [0.4, 0.5) is 5.69 Å². The van der Waals surface area contributed by atoms with E-state index in [1.165, 1.54) is 12.1 Å². The van der Waals surface area contributed by atoms with Crippen LogP contribution in [0.15, 0.2) is 28.0 Å². The predicted molar refractivity (Wildman–Crippen MR) is 98.8 cm³/mol. The molecule has 1 aliphatic heterocycles. The molecule has 144 valence electrons. The van der Waals surface area contributed by atoms with Crippen molar-refractivity contribution in [3.63, 3.8) is 0 Å². The molecule has 0 unspecified atom stereocenters. The lowest BCUT2D eigenvalue weighted by atomic mass is 10.0. The maximum Gasteiger partial charge on any atom is 0.223 e. The topological polar surface area (TPSA) is 101 Å². The molecule has 9 heteroatoms. The Hall–Kier alpha value is -1.61. The van der Waals surface area contributed by atoms with E-state index in [9.17, 15) is 21.6 Å². The molecule has 2 fully saturated rings. The number of nitrogens with zero attached hydrogens (tertiary/aromatic N) is 1. The third kappa shape index (κ3) is 4.37. The SMILES string of the molecule is CS(=O)(=O)c1ccc(N2CCC(NC(=O)C3CC3)CC2)c(S(C)(=O)=O)c1. The first-order chi connectivity index (χ1) is 12.1. The summed E-state index contributed by atoms with van der Waals surface area (Å²) in [5.74, 6) is 0.297. The summed E-state index contributed by atoms with van der Waals surface area (Å²) in [6.07, 6.45) is 5.54. The van der Waals surface area contributed by atoms with E-state index in [0.717, 1.165) is 38.2 Å². The van der Waals surface area contributed by atoms with E-state index < -0.39 is 19.7 Å². The van der Waals surface area contributed by atoms with Gasteiger partial charge in [-0.15, -0.1) is 0 Å². The van der Waals surface area contributed by atoms with E-state index in [-0.39, 0.29) is 27.7 Å². The third-order valence-corrected chi connectivity index (χ3v) is 7.13. The van der Waals surface area contributed by atoms with Crippen LogP contribution in [0.5, 0.6) is 0 Å². The van der Waals surface area contributed by atoms with Gasteiger partial charge in [0.15, 0.2) is 19.7 Å². The van der Waals surface area contributed by atoms with Crippen molar-refractivity contribution >= 4 is 31.3 Å². The Bertz CT molecular complexity index is 912. The van der Waals surface area contributed by atoms with Crippen molar-refractivity contribution in [2.75, 3.05) is 30.5 Å². The van der Waals surface area contributed by atoms with E-state index in [0.29, 0.717) is 18.8 Å². The van der Waals surface area contributed by atoms with E-state index in [1.54, 1.807) is 6.07 Å². The van der Waals surface area contributed by atoms with Crippen molar-refractivity contribution in [1.82, 2.24) is 5.32 Å². The summed E-state index contributed by atoms with van der Waals surface area (Å²) in [4.78, 5) is 13.9. The van der Waals surface area contributed by atoms with Gasteiger partial charge in [-0.3, -0.25) is 4.79 Å². The molecule has 2 aliphatic rings. The van der Waals surface area contributed by atoms with Gasteiger partial charge in [-0.05, 0) is 43.9 Å². The largest absolute Gasteiger partial charge is 0.370 e. The Labute approximate surface area is 154 Å².